The molecule has 1 unspecified atom stereocenters. The second kappa shape index (κ2) is 6.62. The van der Waals surface area contributed by atoms with E-state index in [0.717, 1.165) is 32.8 Å². The predicted molar refractivity (Wildman–Crippen MR) is 60.0 cm³/mol. The topological polar surface area (TPSA) is 24.5 Å². The van der Waals surface area contributed by atoms with Crippen LogP contribution in [0.4, 0.5) is 0 Å². The summed E-state index contributed by atoms with van der Waals surface area (Å²) in [5.74, 6) is 0.667. The fourth-order valence-electron chi connectivity index (χ4n) is 1.66. The van der Waals surface area contributed by atoms with Crippen molar-refractivity contribution in [1.29, 1.82) is 0 Å². The van der Waals surface area contributed by atoms with Gasteiger partial charge >= 0.3 is 0 Å². The summed E-state index contributed by atoms with van der Waals surface area (Å²) >= 11 is 5.58. The minimum absolute atomic E-state index is 0.328. The van der Waals surface area contributed by atoms with Crippen LogP contribution in [0, 0.1) is 0 Å². The first-order chi connectivity index (χ1) is 6.74. The average molecular weight is 221 g/mol. The Balaban J connectivity index is 2.19. The average Bonchev–Trinajstić information content (AvgIpc) is 2.19. The molecule has 1 aliphatic rings. The number of ether oxygens (including phenoxy) is 1. The zero-order valence-electron chi connectivity index (χ0n) is 9.13. The molecule has 14 heavy (non-hydrogen) atoms. The maximum absolute atomic E-state index is 5.66. The Labute approximate surface area is 91.7 Å². The van der Waals surface area contributed by atoms with E-state index in [4.69, 9.17) is 16.3 Å². The van der Waals surface area contributed by atoms with Crippen LogP contribution in [0.15, 0.2) is 0 Å². The lowest BCUT2D eigenvalue weighted by Crippen LogP contribution is -2.49. The monoisotopic (exact) mass is 220 g/mol. The quantitative estimate of drug-likeness (QED) is 0.551. The molecule has 0 radical (unpaired) electrons. The molecule has 0 bridgehead atoms. The van der Waals surface area contributed by atoms with Crippen molar-refractivity contribution in [2.45, 2.75) is 26.0 Å². The van der Waals surface area contributed by atoms with Crippen LogP contribution in [0.1, 0.15) is 13.8 Å². The maximum Gasteiger partial charge on any atom is 0.0826 e. The Hall–Kier alpha value is 0.170. The molecular formula is C10H21ClN2O. The van der Waals surface area contributed by atoms with Crippen molar-refractivity contribution in [2.24, 2.45) is 0 Å². The third kappa shape index (κ3) is 4.13. The molecule has 0 amide bonds. The van der Waals surface area contributed by atoms with Crippen LogP contribution in [0.2, 0.25) is 0 Å². The van der Waals surface area contributed by atoms with Crippen molar-refractivity contribution in [3.8, 4) is 0 Å². The van der Waals surface area contributed by atoms with Gasteiger partial charge in [-0.25, -0.2) is 0 Å². The van der Waals surface area contributed by atoms with Gasteiger partial charge < -0.3 is 10.1 Å². The lowest BCUT2D eigenvalue weighted by molar-refractivity contribution is -0.0369. The van der Waals surface area contributed by atoms with Crippen LogP contribution >= 0.6 is 11.6 Å². The molecule has 0 spiro atoms. The molecule has 3 nitrogen and oxygen atoms in total. The van der Waals surface area contributed by atoms with Gasteiger partial charge in [0.25, 0.3) is 0 Å². The first-order valence-corrected chi connectivity index (χ1v) is 5.90. The van der Waals surface area contributed by atoms with E-state index in [-0.39, 0.29) is 0 Å². The van der Waals surface area contributed by atoms with Gasteiger partial charge in [-0.3, -0.25) is 4.90 Å². The molecule has 1 atom stereocenters. The van der Waals surface area contributed by atoms with Crippen molar-refractivity contribution in [3.05, 3.63) is 0 Å². The van der Waals surface area contributed by atoms with E-state index in [1.54, 1.807) is 0 Å². The second-order valence-electron chi connectivity index (χ2n) is 3.97. The third-order valence-electron chi connectivity index (χ3n) is 2.54. The van der Waals surface area contributed by atoms with Crippen LogP contribution in [0.5, 0.6) is 0 Å². The molecule has 0 aromatic rings. The van der Waals surface area contributed by atoms with Crippen LogP contribution < -0.4 is 5.32 Å². The molecule has 1 N–H and O–H groups in total. The molecule has 1 fully saturated rings. The normalized spacial score (nSPS) is 24.4. The Morgan fingerprint density at radius 2 is 2.36 bits per heavy atom. The van der Waals surface area contributed by atoms with Gasteiger partial charge in [0.1, 0.15) is 0 Å². The van der Waals surface area contributed by atoms with Gasteiger partial charge in [-0.05, 0) is 13.8 Å². The summed E-state index contributed by atoms with van der Waals surface area (Å²) in [6.07, 6.45) is 0.328. The van der Waals surface area contributed by atoms with Crippen molar-refractivity contribution in [3.63, 3.8) is 0 Å². The summed E-state index contributed by atoms with van der Waals surface area (Å²) < 4.78 is 5.66. The summed E-state index contributed by atoms with van der Waals surface area (Å²) in [6, 6.07) is 0.620. The van der Waals surface area contributed by atoms with Crippen molar-refractivity contribution in [1.82, 2.24) is 10.2 Å². The fourth-order valence-corrected chi connectivity index (χ4v) is 1.80. The van der Waals surface area contributed by atoms with Crippen molar-refractivity contribution >= 4 is 11.6 Å². The maximum atomic E-state index is 5.66. The number of morpholine rings is 1. The minimum atomic E-state index is 0.328. The Kier molecular flexibility index (Phi) is 5.78. The number of halogens is 1. The van der Waals surface area contributed by atoms with Crippen molar-refractivity contribution < 1.29 is 4.74 Å². The Morgan fingerprint density at radius 3 is 3.00 bits per heavy atom. The van der Waals surface area contributed by atoms with Gasteiger partial charge in [0.05, 0.1) is 12.7 Å². The fraction of sp³-hybridized carbons (Fsp3) is 1.00. The smallest absolute Gasteiger partial charge is 0.0826 e. The molecule has 4 heteroatoms. The van der Waals surface area contributed by atoms with E-state index in [1.807, 2.05) is 0 Å². The van der Waals surface area contributed by atoms with Gasteiger partial charge in [-0.2, -0.15) is 0 Å². The number of hydrogen-bond acceptors (Lipinski definition) is 3. The highest BCUT2D eigenvalue weighted by atomic mass is 35.5. The van der Waals surface area contributed by atoms with Crippen LogP contribution in [0.3, 0.4) is 0 Å². The number of nitrogens with zero attached hydrogens (tertiary/aromatic N) is 1. The third-order valence-corrected chi connectivity index (χ3v) is 2.73. The van der Waals surface area contributed by atoms with Gasteiger partial charge in [0.2, 0.25) is 0 Å². The SMILES string of the molecule is CC(C)N1CCOC(CNCCCl)C1. The zero-order valence-corrected chi connectivity index (χ0v) is 9.89. The molecule has 1 heterocycles. The predicted octanol–water partition coefficient (Wildman–Crippen LogP) is 0.924. The summed E-state index contributed by atoms with van der Waals surface area (Å²) in [5, 5.41) is 3.28. The van der Waals surface area contributed by atoms with E-state index >= 15 is 0 Å². The molecule has 0 aromatic heterocycles. The van der Waals surface area contributed by atoms with Gasteiger partial charge in [0, 0.05) is 38.1 Å². The molecule has 0 aliphatic carbocycles. The van der Waals surface area contributed by atoms with E-state index in [1.165, 1.54) is 0 Å². The van der Waals surface area contributed by atoms with Gasteiger partial charge in [-0.1, -0.05) is 0 Å². The molecule has 0 saturated carbocycles. The largest absolute Gasteiger partial charge is 0.374 e. The van der Waals surface area contributed by atoms with E-state index in [0.29, 0.717) is 18.0 Å². The summed E-state index contributed by atoms with van der Waals surface area (Å²) in [5.41, 5.74) is 0. The Bertz CT molecular complexity index is 155. The van der Waals surface area contributed by atoms with Gasteiger partial charge in [-0.15, -0.1) is 11.6 Å². The highest BCUT2D eigenvalue weighted by molar-refractivity contribution is 6.18. The van der Waals surface area contributed by atoms with Crippen LogP contribution in [0.25, 0.3) is 0 Å². The lowest BCUT2D eigenvalue weighted by Gasteiger charge is -2.35. The second-order valence-corrected chi connectivity index (χ2v) is 4.35. The van der Waals surface area contributed by atoms with E-state index in [2.05, 4.69) is 24.1 Å². The lowest BCUT2D eigenvalue weighted by atomic mass is 10.2. The number of hydrogen-bond donors (Lipinski definition) is 1. The summed E-state index contributed by atoms with van der Waals surface area (Å²) in [4.78, 5) is 2.45. The minimum Gasteiger partial charge on any atom is -0.374 e. The zero-order chi connectivity index (χ0) is 10.4. The number of rotatable bonds is 5. The highest BCUT2D eigenvalue weighted by Crippen LogP contribution is 2.07. The molecule has 1 saturated heterocycles. The standard InChI is InChI=1S/C10H21ClN2O/c1-9(2)13-5-6-14-10(8-13)7-12-4-3-11/h9-10,12H,3-8H2,1-2H3. The first kappa shape index (κ1) is 12.2. The summed E-state index contributed by atoms with van der Waals surface area (Å²) in [6.45, 7) is 9.18. The molecule has 1 aliphatic heterocycles. The number of nitrogens with one attached hydrogen (secondary N) is 1. The van der Waals surface area contributed by atoms with E-state index in [9.17, 15) is 0 Å². The molecule has 84 valence electrons. The molecule has 1 rings (SSSR count). The first-order valence-electron chi connectivity index (χ1n) is 5.36. The van der Waals surface area contributed by atoms with Crippen LogP contribution in [-0.4, -0.2) is 55.7 Å². The molecule has 0 aromatic carbocycles. The van der Waals surface area contributed by atoms with Crippen molar-refractivity contribution in [2.75, 3.05) is 38.7 Å². The summed E-state index contributed by atoms with van der Waals surface area (Å²) in [7, 11) is 0. The van der Waals surface area contributed by atoms with E-state index < -0.39 is 0 Å². The highest BCUT2D eigenvalue weighted by Gasteiger charge is 2.21. The van der Waals surface area contributed by atoms with Gasteiger partial charge in [0.15, 0.2) is 0 Å². The number of alkyl halides is 1. The van der Waals surface area contributed by atoms with Crippen LogP contribution in [-0.2, 0) is 4.74 Å². The molecular weight excluding hydrogens is 200 g/mol. The Morgan fingerprint density at radius 1 is 1.57 bits per heavy atom.